The number of methoxy groups -OCH3 is 1. The number of ether oxygens (including phenoxy) is 1. The van der Waals surface area contributed by atoms with E-state index in [1.807, 2.05) is 36.9 Å². The summed E-state index contributed by atoms with van der Waals surface area (Å²) < 4.78 is 5.60. The number of hydrogen-bond donors (Lipinski definition) is 4. The van der Waals surface area contributed by atoms with Gasteiger partial charge in [-0.3, -0.25) is 14.5 Å². The monoisotopic (exact) mass is 609 g/mol. The number of carbonyl (C=O) groups excluding carboxylic acids is 2. The smallest absolute Gasteiger partial charge is 0.353 e. The van der Waals surface area contributed by atoms with Gasteiger partial charge in [0.1, 0.15) is 11.4 Å². The minimum Gasteiger partial charge on any atom is -0.496 e. The lowest BCUT2D eigenvalue weighted by atomic mass is 9.79. The van der Waals surface area contributed by atoms with Crippen molar-refractivity contribution in [3.05, 3.63) is 69.8 Å². The Hall–Kier alpha value is -3.87. The van der Waals surface area contributed by atoms with Crippen LogP contribution in [0.25, 0.3) is 0 Å². The number of carbonyl (C=O) groups is 4. The molecule has 0 aliphatic carbocycles. The van der Waals surface area contributed by atoms with Crippen molar-refractivity contribution in [2.24, 2.45) is 11.8 Å². The largest absolute Gasteiger partial charge is 0.496 e. The second-order valence-electron chi connectivity index (χ2n) is 11.3. The Labute approximate surface area is 253 Å². The van der Waals surface area contributed by atoms with Gasteiger partial charge >= 0.3 is 11.9 Å². The van der Waals surface area contributed by atoms with Gasteiger partial charge in [0.25, 0.3) is 0 Å². The summed E-state index contributed by atoms with van der Waals surface area (Å²) in [5, 5.41) is 32.3. The number of aliphatic hydroxyl groups is 1. The van der Waals surface area contributed by atoms with Gasteiger partial charge in [-0.05, 0) is 50.1 Å². The van der Waals surface area contributed by atoms with Gasteiger partial charge in [-0.1, -0.05) is 25.1 Å². The van der Waals surface area contributed by atoms with E-state index in [2.05, 4.69) is 5.32 Å². The Balaban J connectivity index is 1.43. The van der Waals surface area contributed by atoms with Crippen LogP contribution in [-0.4, -0.2) is 86.0 Å². The van der Waals surface area contributed by atoms with Gasteiger partial charge < -0.3 is 30.3 Å². The third kappa shape index (κ3) is 5.62. The molecule has 2 aromatic rings. The van der Waals surface area contributed by atoms with Crippen LogP contribution in [0, 0.1) is 18.8 Å². The first-order chi connectivity index (χ1) is 20.4. The molecule has 3 aliphatic rings. The molecule has 5 rings (SSSR count). The van der Waals surface area contributed by atoms with Crippen molar-refractivity contribution in [3.8, 4) is 5.75 Å². The Morgan fingerprint density at radius 2 is 1.86 bits per heavy atom. The first-order valence-electron chi connectivity index (χ1n) is 14.1. The van der Waals surface area contributed by atoms with Crippen LogP contribution in [-0.2, 0) is 20.9 Å². The normalized spacial score (nSPS) is 25.7. The van der Waals surface area contributed by atoms with E-state index in [0.29, 0.717) is 35.9 Å². The number of carboxylic acid groups (broad SMARTS) is 2. The number of nitrogens with zero attached hydrogens (tertiary/aromatic N) is 2. The van der Waals surface area contributed by atoms with Crippen LogP contribution in [0.5, 0.6) is 5.75 Å². The number of rotatable bonds is 10. The first kappa shape index (κ1) is 30.6. The average molecular weight is 610 g/mol. The molecule has 3 aliphatic heterocycles. The third-order valence-corrected chi connectivity index (χ3v) is 10.1. The van der Waals surface area contributed by atoms with Crippen LogP contribution in [0.3, 0.4) is 0 Å². The molecule has 43 heavy (non-hydrogen) atoms. The number of aromatic carboxylic acids is 1. The summed E-state index contributed by atoms with van der Waals surface area (Å²) in [4.78, 5) is 54.2. The maximum absolute atomic E-state index is 13.7. The number of fused-ring (bicyclic) bond motifs is 1. The fraction of sp³-hybridized carbons (Fsp3) is 0.419. The number of thioether (sulfide) groups is 1. The van der Waals surface area contributed by atoms with Crippen molar-refractivity contribution in [1.29, 1.82) is 0 Å². The summed E-state index contributed by atoms with van der Waals surface area (Å²) in [5.41, 5.74) is 2.29. The Morgan fingerprint density at radius 3 is 2.51 bits per heavy atom. The zero-order valence-electron chi connectivity index (χ0n) is 24.3. The molecule has 3 heterocycles. The van der Waals surface area contributed by atoms with E-state index in [-0.39, 0.29) is 34.2 Å². The number of benzene rings is 2. The van der Waals surface area contributed by atoms with E-state index < -0.39 is 36.0 Å². The molecular weight excluding hydrogens is 574 g/mol. The molecule has 12 heteroatoms. The lowest BCUT2D eigenvalue weighted by Gasteiger charge is -2.46. The van der Waals surface area contributed by atoms with E-state index in [9.17, 15) is 34.5 Å². The van der Waals surface area contributed by atoms with Crippen molar-refractivity contribution in [3.63, 3.8) is 0 Å². The molecule has 0 aromatic heterocycles. The predicted octanol–water partition coefficient (Wildman–Crippen LogP) is 3.17. The van der Waals surface area contributed by atoms with Crippen molar-refractivity contribution in [1.82, 2.24) is 9.80 Å². The maximum Gasteiger partial charge on any atom is 0.353 e. The number of nitrogens with one attached hydrogen (secondary N) is 1. The van der Waals surface area contributed by atoms with Crippen LogP contribution in [0.15, 0.2) is 53.1 Å². The van der Waals surface area contributed by atoms with Gasteiger partial charge in [0, 0.05) is 40.4 Å². The number of anilines is 1. The fourth-order valence-electron chi connectivity index (χ4n) is 6.48. The molecule has 2 amide bonds. The van der Waals surface area contributed by atoms with Crippen LogP contribution >= 0.6 is 11.8 Å². The minimum absolute atomic E-state index is 0.0464. The molecular formula is C31H35N3O8S. The molecule has 0 unspecified atom stereocenters. The quantitative estimate of drug-likeness (QED) is 0.295. The molecule has 0 radical (unpaired) electrons. The summed E-state index contributed by atoms with van der Waals surface area (Å²) in [7, 11) is 1.59. The number of amides is 2. The molecule has 0 saturated carbocycles. The van der Waals surface area contributed by atoms with Crippen molar-refractivity contribution in [2.75, 3.05) is 19.0 Å². The number of aryl methyl sites for hydroxylation is 1. The standard InChI is InChI=1S/C31H35N3O8S/c1-15-7-5-10-23(42-4)21(15)14-33-13-20(12-22(33)28(36)32-19-9-6-8-18(11-19)30(38)39)43-27-16(2)25-24(17(3)35)29(37)34(25)26(27)31(40)41/h5-11,16-17,20,22,24-25,35H,12-14H2,1-4H3,(H,32,36)(H,38,39)(H,40,41)/t16-,17-,20+,22+,24-,25-/m1/s1. The molecule has 4 N–H and O–H groups in total. The molecule has 228 valence electrons. The van der Waals surface area contributed by atoms with Crippen LogP contribution < -0.4 is 10.1 Å². The SMILES string of the molecule is COc1cccc(C)c1CN1C[C@@H](SC2=C(C(=O)O)N3C(=O)[C@H]([C@@H](C)O)[C@H]3[C@H]2C)C[C@H]1C(=O)Nc1cccc(C(=O)O)c1. The van der Waals surface area contributed by atoms with Crippen LogP contribution in [0.2, 0.25) is 0 Å². The molecule has 2 saturated heterocycles. The summed E-state index contributed by atoms with van der Waals surface area (Å²) >= 11 is 1.38. The second kappa shape index (κ2) is 12.0. The molecule has 0 spiro atoms. The number of aliphatic hydroxyl groups excluding tert-OH is 1. The topological polar surface area (TPSA) is 157 Å². The van der Waals surface area contributed by atoms with Gasteiger partial charge in [0.05, 0.1) is 36.8 Å². The summed E-state index contributed by atoms with van der Waals surface area (Å²) in [5.74, 6) is -3.24. The minimum atomic E-state index is -1.19. The third-order valence-electron chi connectivity index (χ3n) is 8.60. The molecule has 2 aromatic carbocycles. The predicted molar refractivity (Wildman–Crippen MR) is 160 cm³/mol. The zero-order chi connectivity index (χ0) is 31.2. The zero-order valence-corrected chi connectivity index (χ0v) is 25.1. The van der Waals surface area contributed by atoms with Gasteiger partial charge in [-0.25, -0.2) is 9.59 Å². The summed E-state index contributed by atoms with van der Waals surface area (Å²) in [6, 6.07) is 10.7. The van der Waals surface area contributed by atoms with Crippen molar-refractivity contribution in [2.45, 2.75) is 57.2 Å². The fourth-order valence-corrected chi connectivity index (χ4v) is 8.04. The van der Waals surface area contributed by atoms with E-state index >= 15 is 0 Å². The van der Waals surface area contributed by atoms with Gasteiger partial charge in [0.2, 0.25) is 11.8 Å². The highest BCUT2D eigenvalue weighted by Crippen LogP contribution is 2.52. The lowest BCUT2D eigenvalue weighted by molar-refractivity contribution is -0.163. The molecule has 6 atom stereocenters. The number of aliphatic carboxylic acids is 1. The first-order valence-corrected chi connectivity index (χ1v) is 15.0. The lowest BCUT2D eigenvalue weighted by Crippen LogP contribution is -2.63. The second-order valence-corrected chi connectivity index (χ2v) is 12.7. The van der Waals surface area contributed by atoms with Gasteiger partial charge in [-0.15, -0.1) is 11.8 Å². The van der Waals surface area contributed by atoms with Crippen molar-refractivity contribution < 1.29 is 39.2 Å². The maximum atomic E-state index is 13.7. The van der Waals surface area contributed by atoms with Crippen molar-refractivity contribution >= 4 is 41.2 Å². The molecule has 11 nitrogen and oxygen atoms in total. The highest BCUT2D eigenvalue weighted by Gasteiger charge is 2.60. The number of carboxylic acids is 2. The summed E-state index contributed by atoms with van der Waals surface area (Å²) in [6.07, 6.45) is -0.500. The van der Waals surface area contributed by atoms with E-state index in [0.717, 1.165) is 11.1 Å². The van der Waals surface area contributed by atoms with Gasteiger partial charge in [-0.2, -0.15) is 0 Å². The summed E-state index contributed by atoms with van der Waals surface area (Å²) in [6.45, 7) is 6.25. The van der Waals surface area contributed by atoms with Crippen LogP contribution in [0.4, 0.5) is 5.69 Å². The highest BCUT2D eigenvalue weighted by molar-refractivity contribution is 8.03. The van der Waals surface area contributed by atoms with Crippen LogP contribution in [0.1, 0.15) is 41.8 Å². The van der Waals surface area contributed by atoms with E-state index in [1.165, 1.54) is 28.8 Å². The van der Waals surface area contributed by atoms with E-state index in [1.54, 1.807) is 26.2 Å². The highest BCUT2D eigenvalue weighted by atomic mass is 32.2. The van der Waals surface area contributed by atoms with E-state index in [4.69, 9.17) is 4.74 Å². The Bertz CT molecular complexity index is 1510. The Kier molecular flexibility index (Phi) is 8.55. The Morgan fingerprint density at radius 1 is 1.14 bits per heavy atom. The number of likely N-dealkylation sites (tertiary alicyclic amines) is 1. The molecule has 2 fully saturated rings. The molecule has 0 bridgehead atoms. The van der Waals surface area contributed by atoms with Gasteiger partial charge in [0.15, 0.2) is 0 Å². The number of β-lactam (4-membered cyclic amide) rings is 1. The number of hydrogen-bond acceptors (Lipinski definition) is 8. The average Bonchev–Trinajstić information content (AvgIpc) is 3.46.